The van der Waals surface area contributed by atoms with Gasteiger partial charge in [0.2, 0.25) is 0 Å². The Hall–Kier alpha value is -2.16. The normalized spacial score (nSPS) is 18.7. The molecule has 1 aromatic carbocycles. The number of aryl methyl sites for hydroxylation is 2. The summed E-state index contributed by atoms with van der Waals surface area (Å²) in [4.78, 5) is 4.45. The lowest BCUT2D eigenvalue weighted by molar-refractivity contribution is 0.319. The Labute approximate surface area is 150 Å². The summed E-state index contributed by atoms with van der Waals surface area (Å²) in [6.07, 6.45) is 4.15. The predicted octanol–water partition coefficient (Wildman–Crippen LogP) is 5.27. The largest absolute Gasteiger partial charge is 0.410 e. The van der Waals surface area contributed by atoms with Crippen LogP contribution < -0.4 is 0 Å². The number of hydrogen-bond acceptors (Lipinski definition) is 3. The zero-order chi connectivity index (χ0) is 18.4. The summed E-state index contributed by atoms with van der Waals surface area (Å²) in [6.45, 7) is 13.3. The third-order valence-electron chi connectivity index (χ3n) is 5.71. The standard InChI is InChI=1S/C22H28N2O/c1-14-7-8-19(23-13-14)20(24-25)16-12-18-17(11-15(16)2)21(3,4)9-10-22(18,5)6/h7-8,11-13,25H,9-10H2,1-6H3/b24-20-. The average Bonchev–Trinajstić information content (AvgIpc) is 2.55. The molecule has 0 fully saturated rings. The Bertz CT molecular complexity index is 830. The minimum atomic E-state index is 0.120. The van der Waals surface area contributed by atoms with Crippen LogP contribution in [0.2, 0.25) is 0 Å². The van der Waals surface area contributed by atoms with E-state index >= 15 is 0 Å². The van der Waals surface area contributed by atoms with E-state index in [4.69, 9.17) is 0 Å². The topological polar surface area (TPSA) is 45.5 Å². The van der Waals surface area contributed by atoms with Crippen LogP contribution in [0.3, 0.4) is 0 Å². The highest BCUT2D eigenvalue weighted by Gasteiger charge is 2.37. The highest BCUT2D eigenvalue weighted by atomic mass is 16.4. The summed E-state index contributed by atoms with van der Waals surface area (Å²) in [6, 6.07) is 8.42. The number of oxime groups is 1. The van der Waals surface area contributed by atoms with Crippen LogP contribution in [0.4, 0.5) is 0 Å². The second-order valence-corrected chi connectivity index (χ2v) is 8.65. The van der Waals surface area contributed by atoms with E-state index in [-0.39, 0.29) is 10.8 Å². The van der Waals surface area contributed by atoms with Crippen LogP contribution in [0.25, 0.3) is 0 Å². The van der Waals surface area contributed by atoms with Crippen molar-refractivity contribution < 1.29 is 5.21 Å². The first-order valence-electron chi connectivity index (χ1n) is 8.97. The van der Waals surface area contributed by atoms with Gasteiger partial charge in [-0.05, 0) is 71.9 Å². The minimum Gasteiger partial charge on any atom is -0.410 e. The molecule has 0 bridgehead atoms. The second-order valence-electron chi connectivity index (χ2n) is 8.65. The van der Waals surface area contributed by atoms with E-state index in [9.17, 15) is 5.21 Å². The number of aromatic nitrogens is 1. The fourth-order valence-electron chi connectivity index (χ4n) is 3.83. The van der Waals surface area contributed by atoms with Crippen LogP contribution in [-0.4, -0.2) is 15.9 Å². The molecule has 0 unspecified atom stereocenters. The molecular formula is C22H28N2O. The van der Waals surface area contributed by atoms with Crippen molar-refractivity contribution in [3.8, 4) is 0 Å². The molecule has 1 heterocycles. The number of rotatable bonds is 2. The van der Waals surface area contributed by atoms with Gasteiger partial charge < -0.3 is 5.21 Å². The van der Waals surface area contributed by atoms with E-state index in [1.54, 1.807) is 6.20 Å². The molecule has 1 aromatic heterocycles. The first-order chi connectivity index (χ1) is 11.7. The van der Waals surface area contributed by atoms with E-state index in [1.807, 2.05) is 19.1 Å². The third-order valence-corrected chi connectivity index (χ3v) is 5.71. The average molecular weight is 336 g/mol. The fraction of sp³-hybridized carbons (Fsp3) is 0.455. The van der Waals surface area contributed by atoms with Crippen LogP contribution in [-0.2, 0) is 10.8 Å². The van der Waals surface area contributed by atoms with Crippen molar-refractivity contribution in [2.75, 3.05) is 0 Å². The van der Waals surface area contributed by atoms with Crippen LogP contribution in [0.5, 0.6) is 0 Å². The highest BCUT2D eigenvalue weighted by Crippen LogP contribution is 2.46. The third kappa shape index (κ3) is 3.08. The van der Waals surface area contributed by atoms with Gasteiger partial charge >= 0.3 is 0 Å². The Morgan fingerprint density at radius 1 is 1.00 bits per heavy atom. The summed E-state index contributed by atoms with van der Waals surface area (Å²) in [5.74, 6) is 0. The molecule has 3 rings (SSSR count). The molecule has 1 aliphatic carbocycles. The van der Waals surface area contributed by atoms with Gasteiger partial charge in [-0.15, -0.1) is 0 Å². The summed E-state index contributed by atoms with van der Waals surface area (Å²) in [5.41, 5.74) is 7.48. The first kappa shape index (κ1) is 17.7. The van der Waals surface area contributed by atoms with E-state index in [0.29, 0.717) is 11.4 Å². The van der Waals surface area contributed by atoms with Crippen LogP contribution in [0.15, 0.2) is 35.6 Å². The summed E-state index contributed by atoms with van der Waals surface area (Å²) in [7, 11) is 0. The lowest BCUT2D eigenvalue weighted by atomic mass is 9.62. The van der Waals surface area contributed by atoms with Gasteiger partial charge in [0.25, 0.3) is 0 Å². The van der Waals surface area contributed by atoms with Crippen LogP contribution in [0, 0.1) is 13.8 Å². The molecule has 2 aromatic rings. The molecule has 0 saturated heterocycles. The summed E-state index contributed by atoms with van der Waals surface area (Å²) < 4.78 is 0. The molecule has 1 N–H and O–H groups in total. The molecule has 0 spiro atoms. The zero-order valence-corrected chi connectivity index (χ0v) is 16.1. The number of nitrogens with zero attached hydrogens (tertiary/aromatic N) is 2. The Morgan fingerprint density at radius 2 is 1.60 bits per heavy atom. The number of hydrogen-bond donors (Lipinski definition) is 1. The number of fused-ring (bicyclic) bond motifs is 1. The molecule has 0 aliphatic heterocycles. The maximum atomic E-state index is 9.71. The fourth-order valence-corrected chi connectivity index (χ4v) is 3.83. The molecular weight excluding hydrogens is 308 g/mol. The molecule has 0 radical (unpaired) electrons. The molecule has 3 heteroatoms. The summed E-state index contributed by atoms with van der Waals surface area (Å²) in [5, 5.41) is 13.3. The van der Waals surface area contributed by atoms with Gasteiger partial charge in [-0.1, -0.05) is 45.0 Å². The van der Waals surface area contributed by atoms with Gasteiger partial charge in [-0.3, -0.25) is 4.98 Å². The molecule has 1 aliphatic rings. The zero-order valence-electron chi connectivity index (χ0n) is 16.1. The predicted molar refractivity (Wildman–Crippen MR) is 103 cm³/mol. The van der Waals surface area contributed by atoms with Gasteiger partial charge in [0.15, 0.2) is 0 Å². The van der Waals surface area contributed by atoms with Gasteiger partial charge in [-0.25, -0.2) is 0 Å². The van der Waals surface area contributed by atoms with Crippen LogP contribution in [0.1, 0.15) is 74.0 Å². The Morgan fingerprint density at radius 3 is 2.12 bits per heavy atom. The lowest BCUT2D eigenvalue weighted by Gasteiger charge is -2.42. The van der Waals surface area contributed by atoms with Crippen molar-refractivity contribution in [2.45, 2.75) is 65.2 Å². The van der Waals surface area contributed by atoms with Crippen molar-refractivity contribution in [3.05, 3.63) is 64.0 Å². The SMILES string of the molecule is Cc1ccc(/C(=N\O)c2cc3c(cc2C)C(C)(C)CCC3(C)C)nc1. The van der Waals surface area contributed by atoms with E-state index in [1.165, 1.54) is 17.5 Å². The van der Waals surface area contributed by atoms with Crippen molar-refractivity contribution in [1.29, 1.82) is 0 Å². The number of benzene rings is 1. The van der Waals surface area contributed by atoms with Gasteiger partial charge in [0.05, 0.1) is 5.69 Å². The highest BCUT2D eigenvalue weighted by molar-refractivity contribution is 6.12. The van der Waals surface area contributed by atoms with Crippen LogP contribution >= 0.6 is 0 Å². The molecule has 0 amide bonds. The van der Waals surface area contributed by atoms with E-state index < -0.39 is 0 Å². The van der Waals surface area contributed by atoms with Crippen molar-refractivity contribution in [3.63, 3.8) is 0 Å². The number of pyridine rings is 1. The lowest BCUT2D eigenvalue weighted by Crippen LogP contribution is -2.34. The molecule has 0 atom stereocenters. The Balaban J connectivity index is 2.19. The molecule has 0 saturated carbocycles. The van der Waals surface area contributed by atoms with Gasteiger partial charge in [0, 0.05) is 11.8 Å². The van der Waals surface area contributed by atoms with Crippen molar-refractivity contribution in [2.24, 2.45) is 5.16 Å². The van der Waals surface area contributed by atoms with Gasteiger partial charge in [-0.2, -0.15) is 0 Å². The maximum absolute atomic E-state index is 9.71. The molecule has 25 heavy (non-hydrogen) atoms. The summed E-state index contributed by atoms with van der Waals surface area (Å²) >= 11 is 0. The maximum Gasteiger partial charge on any atom is 0.135 e. The van der Waals surface area contributed by atoms with Gasteiger partial charge in [0.1, 0.15) is 5.71 Å². The second kappa shape index (κ2) is 5.98. The van der Waals surface area contributed by atoms with E-state index in [0.717, 1.165) is 23.1 Å². The minimum absolute atomic E-state index is 0.120. The van der Waals surface area contributed by atoms with E-state index in [2.05, 4.69) is 56.9 Å². The quantitative estimate of drug-likeness (QED) is 0.461. The molecule has 3 nitrogen and oxygen atoms in total. The molecule has 132 valence electrons. The van der Waals surface area contributed by atoms with Crippen molar-refractivity contribution in [1.82, 2.24) is 4.98 Å². The van der Waals surface area contributed by atoms with Crippen molar-refractivity contribution >= 4 is 5.71 Å². The first-order valence-corrected chi connectivity index (χ1v) is 8.97. The Kier molecular flexibility index (Phi) is 4.22. The monoisotopic (exact) mass is 336 g/mol. The smallest absolute Gasteiger partial charge is 0.135 e.